The number of carbonyl (C=O) groups is 1. The topological polar surface area (TPSA) is 98.6 Å². The number of hydrogen-bond acceptors (Lipinski definition) is 7. The molecular formula is C13H10N2O5S. The van der Waals surface area contributed by atoms with Crippen molar-refractivity contribution in [1.29, 1.82) is 0 Å². The summed E-state index contributed by atoms with van der Waals surface area (Å²) in [5.41, 5.74) is 0. The molecule has 3 aromatic rings. The molecule has 0 aliphatic carbocycles. The molecule has 108 valence electrons. The number of carboxylic acid groups (broad SMARTS) is 1. The number of aromatic carboxylic acids is 1. The molecule has 21 heavy (non-hydrogen) atoms. The lowest BCUT2D eigenvalue weighted by Crippen LogP contribution is -2.00. The van der Waals surface area contributed by atoms with Gasteiger partial charge in [-0.05, 0) is 25.1 Å². The molecule has 0 aromatic carbocycles. The third-order valence-electron chi connectivity index (χ3n) is 2.57. The van der Waals surface area contributed by atoms with E-state index in [1.165, 1.54) is 6.26 Å². The zero-order valence-electron chi connectivity index (χ0n) is 10.9. The molecule has 0 spiro atoms. The fraction of sp³-hybridized carbons (Fsp3) is 0.154. The zero-order chi connectivity index (χ0) is 14.8. The SMILES string of the molecule is Cc1cc(OCc2nnc(-c3ccco3)o2)c(C(=O)O)s1. The summed E-state index contributed by atoms with van der Waals surface area (Å²) in [5, 5.41) is 16.7. The van der Waals surface area contributed by atoms with Crippen molar-refractivity contribution >= 4 is 17.3 Å². The summed E-state index contributed by atoms with van der Waals surface area (Å²) in [6, 6.07) is 5.07. The van der Waals surface area contributed by atoms with E-state index in [-0.39, 0.29) is 23.3 Å². The molecule has 3 rings (SSSR count). The van der Waals surface area contributed by atoms with Gasteiger partial charge in [-0.25, -0.2) is 4.79 Å². The number of carboxylic acids is 1. The predicted octanol–water partition coefficient (Wildman–Crippen LogP) is 2.98. The lowest BCUT2D eigenvalue weighted by molar-refractivity contribution is 0.0697. The maximum absolute atomic E-state index is 11.1. The van der Waals surface area contributed by atoms with Crippen molar-refractivity contribution in [3.8, 4) is 17.4 Å². The van der Waals surface area contributed by atoms with Gasteiger partial charge in [0.05, 0.1) is 6.26 Å². The minimum Gasteiger partial charge on any atom is -0.482 e. The highest BCUT2D eigenvalue weighted by Gasteiger charge is 2.17. The van der Waals surface area contributed by atoms with Gasteiger partial charge in [0.2, 0.25) is 0 Å². The number of nitrogens with zero attached hydrogens (tertiary/aromatic N) is 2. The van der Waals surface area contributed by atoms with Gasteiger partial charge in [0, 0.05) is 4.88 Å². The fourth-order valence-corrected chi connectivity index (χ4v) is 2.49. The molecule has 0 atom stereocenters. The van der Waals surface area contributed by atoms with Gasteiger partial charge in [-0.1, -0.05) is 0 Å². The number of ether oxygens (including phenoxy) is 1. The van der Waals surface area contributed by atoms with Crippen LogP contribution in [0.2, 0.25) is 0 Å². The number of aromatic nitrogens is 2. The largest absolute Gasteiger partial charge is 0.482 e. The normalized spacial score (nSPS) is 10.7. The van der Waals surface area contributed by atoms with E-state index in [0.717, 1.165) is 16.2 Å². The molecular weight excluding hydrogens is 296 g/mol. The second-order valence-corrected chi connectivity index (χ2v) is 5.38. The lowest BCUT2D eigenvalue weighted by Gasteiger charge is -2.01. The average Bonchev–Trinajstić information content (AvgIpc) is 3.16. The second-order valence-electron chi connectivity index (χ2n) is 4.12. The molecule has 0 aliphatic heterocycles. The van der Waals surface area contributed by atoms with Crippen molar-refractivity contribution in [2.75, 3.05) is 0 Å². The van der Waals surface area contributed by atoms with Crippen molar-refractivity contribution in [3.63, 3.8) is 0 Å². The van der Waals surface area contributed by atoms with Gasteiger partial charge in [-0.15, -0.1) is 21.5 Å². The standard InChI is InChI=1S/C13H10N2O5S/c1-7-5-9(11(21-7)13(16)17)19-6-10-14-15-12(20-10)8-3-2-4-18-8/h2-5H,6H2,1H3,(H,16,17). The summed E-state index contributed by atoms with van der Waals surface area (Å²) in [4.78, 5) is 12.1. The first kappa shape index (κ1) is 13.4. The van der Waals surface area contributed by atoms with Crippen LogP contribution in [0.1, 0.15) is 20.4 Å². The number of rotatable bonds is 5. The maximum Gasteiger partial charge on any atom is 0.349 e. The van der Waals surface area contributed by atoms with E-state index >= 15 is 0 Å². The fourth-order valence-electron chi connectivity index (χ4n) is 1.70. The van der Waals surface area contributed by atoms with Crippen LogP contribution in [-0.4, -0.2) is 21.3 Å². The van der Waals surface area contributed by atoms with Gasteiger partial charge in [0.25, 0.3) is 11.8 Å². The molecule has 8 heteroatoms. The maximum atomic E-state index is 11.1. The zero-order valence-corrected chi connectivity index (χ0v) is 11.7. The first-order valence-corrected chi connectivity index (χ1v) is 6.78. The molecule has 3 heterocycles. The molecule has 0 amide bonds. The van der Waals surface area contributed by atoms with Crippen LogP contribution < -0.4 is 4.74 Å². The van der Waals surface area contributed by atoms with Crippen LogP contribution in [0.4, 0.5) is 0 Å². The first-order chi connectivity index (χ1) is 10.1. The molecule has 0 radical (unpaired) electrons. The number of furan rings is 1. The summed E-state index contributed by atoms with van der Waals surface area (Å²) >= 11 is 1.15. The molecule has 0 bridgehead atoms. The first-order valence-electron chi connectivity index (χ1n) is 5.96. The highest BCUT2D eigenvalue weighted by Crippen LogP contribution is 2.29. The van der Waals surface area contributed by atoms with Crippen LogP contribution in [0.25, 0.3) is 11.7 Å². The average molecular weight is 306 g/mol. The van der Waals surface area contributed by atoms with Crippen LogP contribution >= 0.6 is 11.3 Å². The quantitative estimate of drug-likeness (QED) is 0.773. The Morgan fingerprint density at radius 2 is 2.33 bits per heavy atom. The highest BCUT2D eigenvalue weighted by atomic mass is 32.1. The Morgan fingerprint density at radius 3 is 3.05 bits per heavy atom. The minimum absolute atomic E-state index is 0.00976. The van der Waals surface area contributed by atoms with Crippen LogP contribution in [0.3, 0.4) is 0 Å². The van der Waals surface area contributed by atoms with Gasteiger partial charge in [-0.2, -0.15) is 0 Å². The van der Waals surface area contributed by atoms with Gasteiger partial charge < -0.3 is 18.7 Å². The Balaban J connectivity index is 1.72. The molecule has 0 saturated heterocycles. The predicted molar refractivity (Wildman–Crippen MR) is 72.3 cm³/mol. The van der Waals surface area contributed by atoms with Gasteiger partial charge in [0.15, 0.2) is 17.2 Å². The molecule has 7 nitrogen and oxygen atoms in total. The molecule has 0 fully saturated rings. The van der Waals surface area contributed by atoms with E-state index in [9.17, 15) is 4.79 Å². The molecule has 0 unspecified atom stereocenters. The van der Waals surface area contributed by atoms with Gasteiger partial charge >= 0.3 is 5.97 Å². The van der Waals surface area contributed by atoms with Crippen molar-refractivity contribution in [1.82, 2.24) is 10.2 Å². The third kappa shape index (κ3) is 2.79. The van der Waals surface area contributed by atoms with Crippen LogP contribution in [0.15, 0.2) is 33.3 Å². The molecule has 3 aromatic heterocycles. The number of hydrogen-bond donors (Lipinski definition) is 1. The van der Waals surface area contributed by atoms with Crippen molar-refractivity contribution in [2.24, 2.45) is 0 Å². The Bertz CT molecular complexity index is 759. The van der Waals surface area contributed by atoms with Crippen LogP contribution in [0.5, 0.6) is 5.75 Å². The highest BCUT2D eigenvalue weighted by molar-refractivity contribution is 7.14. The summed E-state index contributed by atoms with van der Waals surface area (Å²) in [7, 11) is 0. The van der Waals surface area contributed by atoms with E-state index in [1.807, 2.05) is 6.92 Å². The van der Waals surface area contributed by atoms with Gasteiger partial charge in [-0.3, -0.25) is 0 Å². The Morgan fingerprint density at radius 1 is 1.48 bits per heavy atom. The van der Waals surface area contributed by atoms with E-state index in [4.69, 9.17) is 18.7 Å². The van der Waals surface area contributed by atoms with Crippen LogP contribution in [0, 0.1) is 6.92 Å². The molecule has 0 aliphatic rings. The Hall–Kier alpha value is -2.61. The van der Waals surface area contributed by atoms with E-state index < -0.39 is 5.97 Å². The lowest BCUT2D eigenvalue weighted by atomic mass is 10.4. The Kier molecular flexibility index (Phi) is 3.44. The third-order valence-corrected chi connectivity index (χ3v) is 3.59. The second kappa shape index (κ2) is 5.41. The summed E-state index contributed by atoms with van der Waals surface area (Å²) in [6.07, 6.45) is 1.50. The molecule has 0 saturated carbocycles. The molecule has 1 N–H and O–H groups in total. The van der Waals surface area contributed by atoms with Crippen molar-refractivity contribution in [2.45, 2.75) is 13.5 Å². The monoisotopic (exact) mass is 306 g/mol. The van der Waals surface area contributed by atoms with Crippen molar-refractivity contribution < 1.29 is 23.5 Å². The van der Waals surface area contributed by atoms with Gasteiger partial charge in [0.1, 0.15) is 5.75 Å². The van der Waals surface area contributed by atoms with Crippen molar-refractivity contribution in [3.05, 3.63) is 40.1 Å². The van der Waals surface area contributed by atoms with E-state index in [0.29, 0.717) is 11.5 Å². The smallest absolute Gasteiger partial charge is 0.349 e. The number of aryl methyl sites for hydroxylation is 1. The van der Waals surface area contributed by atoms with E-state index in [2.05, 4.69) is 10.2 Å². The number of thiophene rings is 1. The minimum atomic E-state index is -1.02. The summed E-state index contributed by atoms with van der Waals surface area (Å²) in [6.45, 7) is 1.80. The van der Waals surface area contributed by atoms with E-state index in [1.54, 1.807) is 18.2 Å². The summed E-state index contributed by atoms with van der Waals surface area (Å²) < 4.78 is 15.9. The summed E-state index contributed by atoms with van der Waals surface area (Å²) in [5.74, 6) is 0.221. The Labute approximate surface area is 122 Å². The van der Waals surface area contributed by atoms with Crippen LogP contribution in [-0.2, 0) is 6.61 Å².